The maximum absolute atomic E-state index is 6.15. The van der Waals surface area contributed by atoms with E-state index in [1.165, 1.54) is 18.5 Å². The van der Waals surface area contributed by atoms with E-state index in [9.17, 15) is 0 Å². The molecule has 1 aromatic rings. The number of nitrogens with two attached hydrogens (primary N) is 1. The zero-order chi connectivity index (χ0) is 17.5. The topological polar surface area (TPSA) is 48.1 Å². The van der Waals surface area contributed by atoms with Crippen molar-refractivity contribution in [1.29, 1.82) is 0 Å². The predicted octanol–water partition coefficient (Wildman–Crippen LogP) is 2.25. The van der Waals surface area contributed by atoms with Gasteiger partial charge in [-0.3, -0.25) is 9.89 Å². The lowest BCUT2D eigenvalue weighted by Crippen LogP contribution is -2.46. The summed E-state index contributed by atoms with van der Waals surface area (Å²) in [6.45, 7) is 10.9. The summed E-state index contributed by atoms with van der Waals surface area (Å²) in [5.74, 6) is 1.58. The highest BCUT2D eigenvalue weighted by Gasteiger charge is 2.18. The molecule has 0 unspecified atom stereocenters. The molecule has 2 aliphatic heterocycles. The fourth-order valence-corrected chi connectivity index (χ4v) is 3.69. The van der Waals surface area contributed by atoms with E-state index in [2.05, 4.69) is 56.9 Å². The first-order valence-corrected chi connectivity index (χ1v) is 9.79. The number of aliphatic imine (C=N–C) groups is 1. The largest absolute Gasteiger partial charge is 0.370 e. The van der Waals surface area contributed by atoms with Crippen LogP contribution in [-0.2, 0) is 0 Å². The highest BCUT2D eigenvalue weighted by Crippen LogP contribution is 2.16. The number of nitrogens with zero attached hydrogens (tertiary/aromatic N) is 4. The van der Waals surface area contributed by atoms with E-state index in [-0.39, 0.29) is 0 Å². The highest BCUT2D eigenvalue weighted by molar-refractivity contribution is 5.78. The van der Waals surface area contributed by atoms with Crippen LogP contribution in [0, 0.1) is 5.92 Å². The van der Waals surface area contributed by atoms with E-state index in [1.807, 2.05) is 0 Å². The van der Waals surface area contributed by atoms with Crippen molar-refractivity contribution in [2.75, 3.05) is 57.3 Å². The third-order valence-electron chi connectivity index (χ3n) is 5.51. The number of anilines is 1. The molecule has 0 aliphatic carbocycles. The quantitative estimate of drug-likeness (QED) is 0.506. The molecular formula is C20H33N5. The molecule has 0 radical (unpaired) electrons. The van der Waals surface area contributed by atoms with Crippen LogP contribution >= 0.6 is 0 Å². The van der Waals surface area contributed by atoms with Gasteiger partial charge in [0.2, 0.25) is 0 Å². The molecular weight excluding hydrogens is 310 g/mol. The van der Waals surface area contributed by atoms with E-state index >= 15 is 0 Å². The summed E-state index contributed by atoms with van der Waals surface area (Å²) >= 11 is 0. The van der Waals surface area contributed by atoms with Crippen molar-refractivity contribution >= 4 is 11.6 Å². The summed E-state index contributed by atoms with van der Waals surface area (Å²) in [5, 5.41) is 0. The molecule has 0 aromatic heterocycles. The third kappa shape index (κ3) is 5.36. The maximum Gasteiger partial charge on any atom is 0.191 e. The lowest BCUT2D eigenvalue weighted by molar-refractivity contribution is 0.255. The lowest BCUT2D eigenvalue weighted by atomic mass is 10.00. The van der Waals surface area contributed by atoms with Gasteiger partial charge in [-0.15, -0.1) is 0 Å². The first kappa shape index (κ1) is 18.1. The number of hydrogen-bond acceptors (Lipinski definition) is 3. The number of piperidine rings is 1. The number of likely N-dealkylation sites (tertiary alicyclic amines) is 1. The molecule has 2 heterocycles. The van der Waals surface area contributed by atoms with E-state index in [0.717, 1.165) is 70.7 Å². The van der Waals surface area contributed by atoms with Gasteiger partial charge < -0.3 is 15.5 Å². The molecule has 0 atom stereocenters. The van der Waals surface area contributed by atoms with Gasteiger partial charge in [-0.1, -0.05) is 25.1 Å². The molecule has 2 fully saturated rings. The Balaban J connectivity index is 1.33. The Morgan fingerprint density at radius 2 is 1.72 bits per heavy atom. The molecule has 0 bridgehead atoms. The fraction of sp³-hybridized carbons (Fsp3) is 0.650. The van der Waals surface area contributed by atoms with Crippen molar-refractivity contribution in [1.82, 2.24) is 9.80 Å². The van der Waals surface area contributed by atoms with Gasteiger partial charge in [-0.2, -0.15) is 0 Å². The molecule has 5 nitrogen and oxygen atoms in total. The predicted molar refractivity (Wildman–Crippen MR) is 106 cm³/mol. The van der Waals surface area contributed by atoms with Gasteiger partial charge in [0.05, 0.1) is 0 Å². The summed E-state index contributed by atoms with van der Waals surface area (Å²) in [6, 6.07) is 10.7. The van der Waals surface area contributed by atoms with Gasteiger partial charge in [0.1, 0.15) is 0 Å². The van der Waals surface area contributed by atoms with Gasteiger partial charge >= 0.3 is 0 Å². The van der Waals surface area contributed by atoms with E-state index in [1.54, 1.807) is 0 Å². The zero-order valence-corrected chi connectivity index (χ0v) is 15.6. The Bertz CT molecular complexity index is 528. The zero-order valence-electron chi connectivity index (χ0n) is 15.6. The average Bonchev–Trinajstić information content (AvgIpc) is 2.67. The second-order valence-electron chi connectivity index (χ2n) is 7.43. The van der Waals surface area contributed by atoms with Crippen molar-refractivity contribution in [3.8, 4) is 0 Å². The Morgan fingerprint density at radius 1 is 1.04 bits per heavy atom. The Kier molecular flexibility index (Phi) is 6.56. The van der Waals surface area contributed by atoms with Gasteiger partial charge in [-0.05, 0) is 37.3 Å². The van der Waals surface area contributed by atoms with Crippen LogP contribution in [0.25, 0.3) is 0 Å². The molecule has 2 N–H and O–H groups in total. The summed E-state index contributed by atoms with van der Waals surface area (Å²) in [4.78, 5) is 11.9. The molecule has 0 spiro atoms. The third-order valence-corrected chi connectivity index (χ3v) is 5.51. The van der Waals surface area contributed by atoms with Crippen LogP contribution in [0.15, 0.2) is 35.3 Å². The van der Waals surface area contributed by atoms with Gasteiger partial charge in [-0.25, -0.2) is 0 Å². The van der Waals surface area contributed by atoms with Crippen LogP contribution in [0.3, 0.4) is 0 Å². The first-order chi connectivity index (χ1) is 12.2. The Hall–Kier alpha value is -1.75. The lowest BCUT2D eigenvalue weighted by Gasteiger charge is -2.36. The molecule has 1 aromatic carbocycles. The van der Waals surface area contributed by atoms with Gasteiger partial charge in [0.15, 0.2) is 5.96 Å². The monoisotopic (exact) mass is 343 g/mol. The Morgan fingerprint density at radius 3 is 2.40 bits per heavy atom. The molecule has 25 heavy (non-hydrogen) atoms. The number of piperazine rings is 1. The van der Waals surface area contributed by atoms with E-state index < -0.39 is 0 Å². The molecule has 138 valence electrons. The number of benzene rings is 1. The van der Waals surface area contributed by atoms with Crippen molar-refractivity contribution < 1.29 is 0 Å². The number of hydrogen-bond donors (Lipinski definition) is 1. The molecule has 0 saturated carbocycles. The molecule has 2 saturated heterocycles. The van der Waals surface area contributed by atoms with Crippen LogP contribution in [0.2, 0.25) is 0 Å². The summed E-state index contributed by atoms with van der Waals surface area (Å²) in [5.41, 5.74) is 7.49. The van der Waals surface area contributed by atoms with E-state index in [4.69, 9.17) is 5.73 Å². The van der Waals surface area contributed by atoms with Crippen LogP contribution in [0.5, 0.6) is 0 Å². The fourth-order valence-electron chi connectivity index (χ4n) is 3.69. The molecule has 3 rings (SSSR count). The van der Waals surface area contributed by atoms with E-state index in [0.29, 0.717) is 0 Å². The SMILES string of the molecule is CC1CCN(C(N)=NCCCN2CCN(c3ccccc3)CC2)CC1. The van der Waals surface area contributed by atoms with Gasteiger partial charge in [0.25, 0.3) is 0 Å². The van der Waals surface area contributed by atoms with Crippen LogP contribution in [-0.4, -0.2) is 68.1 Å². The highest BCUT2D eigenvalue weighted by atomic mass is 15.3. The van der Waals surface area contributed by atoms with Crippen molar-refractivity contribution in [2.24, 2.45) is 16.6 Å². The molecule has 2 aliphatic rings. The normalized spacial score (nSPS) is 20.9. The van der Waals surface area contributed by atoms with Gasteiger partial charge in [0, 0.05) is 58.0 Å². The minimum absolute atomic E-state index is 0.751. The Labute approximate surface area is 152 Å². The smallest absolute Gasteiger partial charge is 0.191 e. The molecule has 0 amide bonds. The summed E-state index contributed by atoms with van der Waals surface area (Å²) < 4.78 is 0. The maximum atomic E-state index is 6.15. The van der Waals surface area contributed by atoms with Crippen LogP contribution < -0.4 is 10.6 Å². The van der Waals surface area contributed by atoms with Crippen LogP contribution in [0.1, 0.15) is 26.2 Å². The van der Waals surface area contributed by atoms with Crippen LogP contribution in [0.4, 0.5) is 5.69 Å². The number of guanidine groups is 1. The van der Waals surface area contributed by atoms with Crippen molar-refractivity contribution in [3.05, 3.63) is 30.3 Å². The summed E-state index contributed by atoms with van der Waals surface area (Å²) in [6.07, 6.45) is 3.57. The number of rotatable bonds is 5. The second kappa shape index (κ2) is 9.09. The minimum atomic E-state index is 0.751. The number of para-hydroxylation sites is 1. The van der Waals surface area contributed by atoms with Crippen molar-refractivity contribution in [2.45, 2.75) is 26.2 Å². The second-order valence-corrected chi connectivity index (χ2v) is 7.43. The van der Waals surface area contributed by atoms with Crippen molar-refractivity contribution in [3.63, 3.8) is 0 Å². The average molecular weight is 344 g/mol. The first-order valence-electron chi connectivity index (χ1n) is 9.79. The summed E-state index contributed by atoms with van der Waals surface area (Å²) in [7, 11) is 0. The standard InChI is InChI=1S/C20H33N5/c1-18-8-12-25(13-9-18)20(21)22-10-5-11-23-14-16-24(17-15-23)19-6-3-2-4-7-19/h2-4,6-7,18H,5,8-17H2,1H3,(H2,21,22). The minimum Gasteiger partial charge on any atom is -0.370 e. The molecule has 5 heteroatoms.